The monoisotopic (exact) mass is 297 g/mol. The van der Waals surface area contributed by atoms with E-state index in [0.29, 0.717) is 5.41 Å². The van der Waals surface area contributed by atoms with Gasteiger partial charge in [-0.2, -0.15) is 0 Å². The molecule has 2 rings (SSSR count). The molecule has 1 aromatic rings. The van der Waals surface area contributed by atoms with Crippen molar-refractivity contribution in [3.63, 3.8) is 0 Å². The molecule has 2 N–H and O–H groups in total. The van der Waals surface area contributed by atoms with Crippen LogP contribution in [0.5, 0.6) is 0 Å². The number of halogens is 1. The van der Waals surface area contributed by atoms with Gasteiger partial charge in [0.1, 0.15) is 5.82 Å². The molecule has 0 aliphatic carbocycles. The minimum atomic E-state index is 0.312. The summed E-state index contributed by atoms with van der Waals surface area (Å²) >= 11 is 3.63. The van der Waals surface area contributed by atoms with Crippen molar-refractivity contribution in [1.29, 1.82) is 0 Å². The Morgan fingerprint density at radius 3 is 2.71 bits per heavy atom. The summed E-state index contributed by atoms with van der Waals surface area (Å²) in [7, 11) is 0. The minimum Gasteiger partial charge on any atom is -0.356 e. The van der Waals surface area contributed by atoms with Crippen LogP contribution in [0.1, 0.15) is 25.3 Å². The van der Waals surface area contributed by atoms with E-state index < -0.39 is 0 Å². The zero-order valence-corrected chi connectivity index (χ0v) is 12.1. The number of pyridine rings is 1. The summed E-state index contributed by atoms with van der Waals surface area (Å²) in [6.07, 6.45) is 4.17. The van der Waals surface area contributed by atoms with E-state index in [4.69, 9.17) is 5.73 Å². The molecule has 0 spiro atoms. The van der Waals surface area contributed by atoms with Gasteiger partial charge in [-0.3, -0.25) is 0 Å². The Morgan fingerprint density at radius 2 is 2.12 bits per heavy atom. The molecule has 1 aliphatic rings. The molecule has 0 bridgehead atoms. The van der Waals surface area contributed by atoms with Crippen molar-refractivity contribution < 1.29 is 0 Å². The van der Waals surface area contributed by atoms with Gasteiger partial charge in [0.25, 0.3) is 0 Å². The second-order valence-electron chi connectivity index (χ2n) is 5.27. The predicted octanol–water partition coefficient (Wildman–Crippen LogP) is 2.72. The standard InChI is InChI=1S/C13H20BrN3/c1-10-3-6-16-12(11(10)14)17-7-4-13(2,9-15)5-8-17/h3,6H,4-5,7-9,15H2,1-2H3. The first-order chi connectivity index (χ1) is 8.06. The Bertz CT molecular complexity index is 398. The molecule has 2 heterocycles. The smallest absolute Gasteiger partial charge is 0.143 e. The fourth-order valence-corrected chi connectivity index (χ4v) is 2.69. The van der Waals surface area contributed by atoms with E-state index in [1.807, 2.05) is 12.3 Å². The van der Waals surface area contributed by atoms with Gasteiger partial charge >= 0.3 is 0 Å². The maximum atomic E-state index is 5.83. The van der Waals surface area contributed by atoms with Crippen LogP contribution in [-0.2, 0) is 0 Å². The topological polar surface area (TPSA) is 42.2 Å². The van der Waals surface area contributed by atoms with Crippen molar-refractivity contribution in [2.45, 2.75) is 26.7 Å². The molecule has 0 saturated carbocycles. The summed E-state index contributed by atoms with van der Waals surface area (Å²) in [6.45, 7) is 7.25. The molecule has 1 saturated heterocycles. The van der Waals surface area contributed by atoms with Crippen molar-refractivity contribution in [3.8, 4) is 0 Å². The lowest BCUT2D eigenvalue weighted by Crippen LogP contribution is -2.42. The van der Waals surface area contributed by atoms with E-state index in [-0.39, 0.29) is 0 Å². The van der Waals surface area contributed by atoms with E-state index >= 15 is 0 Å². The molecule has 0 amide bonds. The van der Waals surface area contributed by atoms with E-state index in [1.165, 1.54) is 5.56 Å². The molecule has 1 aliphatic heterocycles. The van der Waals surface area contributed by atoms with Crippen molar-refractivity contribution in [1.82, 2.24) is 4.98 Å². The van der Waals surface area contributed by atoms with E-state index in [0.717, 1.165) is 42.8 Å². The highest BCUT2D eigenvalue weighted by Gasteiger charge is 2.29. The van der Waals surface area contributed by atoms with Crippen LogP contribution >= 0.6 is 15.9 Å². The molecule has 0 atom stereocenters. The Morgan fingerprint density at radius 1 is 1.47 bits per heavy atom. The summed E-state index contributed by atoms with van der Waals surface area (Å²) in [4.78, 5) is 6.84. The van der Waals surface area contributed by atoms with Crippen molar-refractivity contribution >= 4 is 21.7 Å². The van der Waals surface area contributed by atoms with Crippen LogP contribution in [0.2, 0.25) is 0 Å². The van der Waals surface area contributed by atoms with E-state index in [9.17, 15) is 0 Å². The number of nitrogens with two attached hydrogens (primary N) is 1. The van der Waals surface area contributed by atoms with Gasteiger partial charge in [-0.1, -0.05) is 6.92 Å². The normalized spacial score (nSPS) is 19.4. The molecule has 1 fully saturated rings. The lowest BCUT2D eigenvalue weighted by atomic mass is 9.80. The molecule has 17 heavy (non-hydrogen) atoms. The van der Waals surface area contributed by atoms with Crippen LogP contribution in [0, 0.1) is 12.3 Å². The maximum Gasteiger partial charge on any atom is 0.143 e. The van der Waals surface area contributed by atoms with Crippen LogP contribution in [-0.4, -0.2) is 24.6 Å². The second kappa shape index (κ2) is 4.94. The molecule has 3 nitrogen and oxygen atoms in total. The summed E-state index contributed by atoms with van der Waals surface area (Å²) in [6, 6.07) is 2.03. The van der Waals surface area contributed by atoms with Crippen molar-refractivity contribution in [3.05, 3.63) is 22.3 Å². The van der Waals surface area contributed by atoms with Gasteiger partial charge in [0.15, 0.2) is 0 Å². The highest BCUT2D eigenvalue weighted by atomic mass is 79.9. The van der Waals surface area contributed by atoms with Gasteiger partial charge < -0.3 is 10.6 Å². The SMILES string of the molecule is Cc1ccnc(N2CCC(C)(CN)CC2)c1Br. The molecule has 94 valence electrons. The summed E-state index contributed by atoms with van der Waals surface area (Å²) < 4.78 is 1.12. The first kappa shape index (κ1) is 12.8. The highest BCUT2D eigenvalue weighted by molar-refractivity contribution is 9.10. The van der Waals surface area contributed by atoms with Gasteiger partial charge in [-0.15, -0.1) is 0 Å². The molecule has 4 heteroatoms. The zero-order chi connectivity index (χ0) is 12.5. The third-order valence-electron chi connectivity index (χ3n) is 3.83. The molecule has 1 aromatic heterocycles. The number of rotatable bonds is 2. The fraction of sp³-hybridized carbons (Fsp3) is 0.615. The minimum absolute atomic E-state index is 0.312. The number of hydrogen-bond donors (Lipinski definition) is 1. The van der Waals surface area contributed by atoms with Crippen molar-refractivity contribution in [2.75, 3.05) is 24.5 Å². The van der Waals surface area contributed by atoms with E-state index in [1.54, 1.807) is 0 Å². The Labute approximate surface area is 112 Å². The van der Waals surface area contributed by atoms with E-state index in [2.05, 4.69) is 39.7 Å². The summed E-state index contributed by atoms with van der Waals surface area (Å²) in [5.74, 6) is 1.07. The predicted molar refractivity (Wildman–Crippen MR) is 75.3 cm³/mol. The third-order valence-corrected chi connectivity index (χ3v) is 4.81. The summed E-state index contributed by atoms with van der Waals surface area (Å²) in [5, 5.41) is 0. The van der Waals surface area contributed by atoms with Crippen LogP contribution in [0.15, 0.2) is 16.7 Å². The number of hydrogen-bond acceptors (Lipinski definition) is 3. The summed E-state index contributed by atoms with van der Waals surface area (Å²) in [5.41, 5.74) is 7.38. The third kappa shape index (κ3) is 2.63. The van der Waals surface area contributed by atoms with Crippen LogP contribution in [0.4, 0.5) is 5.82 Å². The average Bonchev–Trinajstić information content (AvgIpc) is 2.34. The Kier molecular flexibility index (Phi) is 3.73. The first-order valence-electron chi connectivity index (χ1n) is 6.12. The fourth-order valence-electron chi connectivity index (χ4n) is 2.21. The number of aromatic nitrogens is 1. The number of anilines is 1. The quantitative estimate of drug-likeness (QED) is 0.913. The van der Waals surface area contributed by atoms with Gasteiger partial charge in [0.05, 0.1) is 4.47 Å². The molecule has 0 unspecified atom stereocenters. The second-order valence-corrected chi connectivity index (χ2v) is 6.06. The zero-order valence-electron chi connectivity index (χ0n) is 10.5. The van der Waals surface area contributed by atoms with Gasteiger partial charge in [-0.05, 0) is 59.3 Å². The molecule has 0 radical (unpaired) electrons. The van der Waals surface area contributed by atoms with Crippen LogP contribution in [0.25, 0.3) is 0 Å². The van der Waals surface area contributed by atoms with Gasteiger partial charge in [-0.25, -0.2) is 4.98 Å². The Balaban J connectivity index is 2.13. The highest BCUT2D eigenvalue weighted by Crippen LogP contribution is 2.34. The van der Waals surface area contributed by atoms with Crippen LogP contribution < -0.4 is 10.6 Å². The van der Waals surface area contributed by atoms with Crippen molar-refractivity contribution in [2.24, 2.45) is 11.1 Å². The number of aryl methyl sites for hydroxylation is 1. The average molecular weight is 298 g/mol. The Hall–Kier alpha value is -0.610. The van der Waals surface area contributed by atoms with Gasteiger partial charge in [0.2, 0.25) is 0 Å². The van der Waals surface area contributed by atoms with Crippen LogP contribution in [0.3, 0.4) is 0 Å². The number of nitrogens with zero attached hydrogens (tertiary/aromatic N) is 2. The molecular formula is C13H20BrN3. The maximum absolute atomic E-state index is 5.83. The first-order valence-corrected chi connectivity index (χ1v) is 6.91. The molecule has 0 aromatic carbocycles. The number of piperidine rings is 1. The van der Waals surface area contributed by atoms with Gasteiger partial charge in [0, 0.05) is 19.3 Å². The lowest BCUT2D eigenvalue weighted by molar-refractivity contribution is 0.258. The lowest BCUT2D eigenvalue weighted by Gasteiger charge is -2.39. The molecular weight excluding hydrogens is 278 g/mol. The largest absolute Gasteiger partial charge is 0.356 e.